The second kappa shape index (κ2) is 19.2. The van der Waals surface area contributed by atoms with Gasteiger partial charge < -0.3 is 31.7 Å². The number of hydrogen-bond acceptors (Lipinski definition) is 6. The van der Waals surface area contributed by atoms with Crippen molar-refractivity contribution < 1.29 is 34.1 Å². The summed E-state index contributed by atoms with van der Waals surface area (Å²) in [6.45, 7) is 10.1. The lowest BCUT2D eigenvalue weighted by molar-refractivity contribution is -0.378. The highest BCUT2D eigenvalue weighted by molar-refractivity contribution is 5.98. The van der Waals surface area contributed by atoms with Gasteiger partial charge in [-0.3, -0.25) is 19.2 Å². The van der Waals surface area contributed by atoms with Gasteiger partial charge in [-0.25, -0.2) is 9.78 Å². The topological polar surface area (TPSA) is 180 Å². The van der Waals surface area contributed by atoms with Crippen LogP contribution in [0.15, 0.2) is 79.1 Å². The smallest absolute Gasteiger partial charge is 0.335 e. The first-order valence-corrected chi connectivity index (χ1v) is 17.0. The third-order valence-corrected chi connectivity index (χ3v) is 8.03. The van der Waals surface area contributed by atoms with Crippen molar-refractivity contribution in [3.05, 3.63) is 101 Å². The fourth-order valence-electron chi connectivity index (χ4n) is 5.33. The molecule has 1 heterocycles. The molecule has 0 bridgehead atoms. The van der Waals surface area contributed by atoms with Crippen molar-refractivity contribution in [3.8, 4) is 0 Å². The normalized spacial score (nSPS) is 13.6. The highest BCUT2D eigenvalue weighted by Crippen LogP contribution is 2.21. The maximum atomic E-state index is 13.8. The Morgan fingerprint density at radius 3 is 2.00 bits per heavy atom. The number of carbonyl (C=O) groups is 5. The number of carboxylic acids is 1. The number of H-pyrrole nitrogens is 1. The molecule has 0 unspecified atom stereocenters. The summed E-state index contributed by atoms with van der Waals surface area (Å²) in [6, 6.07) is 16.5. The van der Waals surface area contributed by atoms with Crippen LogP contribution in [0.2, 0.25) is 0 Å². The Labute approximate surface area is 294 Å². The Kier molecular flexibility index (Phi) is 15.1. The van der Waals surface area contributed by atoms with Crippen molar-refractivity contribution in [2.75, 3.05) is 6.54 Å². The van der Waals surface area contributed by atoms with E-state index in [1.54, 1.807) is 43.6 Å². The van der Waals surface area contributed by atoms with Crippen LogP contribution in [0.4, 0.5) is 0 Å². The quantitative estimate of drug-likeness (QED) is 0.119. The van der Waals surface area contributed by atoms with Crippen molar-refractivity contribution in [1.29, 1.82) is 0 Å². The Balaban J connectivity index is 1.67. The van der Waals surface area contributed by atoms with Crippen LogP contribution < -0.4 is 31.6 Å². The standard InChI is InChI=1S/C38H50N6O6/c1-6-10-31(43-36(48)32(22-38(3,4)5)44-34(46)28-17-19-39-20-18-28)35(47)42-30(21-26-11-8-7-9-12-26)24-40-25(2)33(45)41-23-27-13-15-29(16-14-27)37(49)50/h7-9,11-20,25,30-32,40H,6,10,21-24H2,1-5H3,(H,41,45)(H,42,47)(H,43,48)(H,44,46)(H,49,50)/p+1/t25-,30-,31-,32-/m0/s1. The second-order valence-electron chi connectivity index (χ2n) is 13.7. The molecule has 0 aliphatic carbocycles. The third kappa shape index (κ3) is 13.4. The molecule has 4 amide bonds. The number of nitrogens with one attached hydrogen (secondary N) is 6. The molecule has 0 aliphatic heterocycles. The Morgan fingerprint density at radius 2 is 1.40 bits per heavy atom. The molecule has 3 aromatic rings. The van der Waals surface area contributed by atoms with Crippen molar-refractivity contribution in [2.45, 2.75) is 91.0 Å². The molecule has 4 atom stereocenters. The van der Waals surface area contributed by atoms with Gasteiger partial charge in [-0.15, -0.1) is 0 Å². The number of carboxylic acid groups (broad SMARTS) is 1. The van der Waals surface area contributed by atoms with Gasteiger partial charge in [-0.2, -0.15) is 0 Å². The monoisotopic (exact) mass is 687 g/mol. The number of carbonyl (C=O) groups excluding carboxylic acids is 4. The van der Waals surface area contributed by atoms with E-state index in [1.807, 2.05) is 58.0 Å². The highest BCUT2D eigenvalue weighted by atomic mass is 16.4. The van der Waals surface area contributed by atoms with E-state index in [-0.39, 0.29) is 41.8 Å². The van der Waals surface area contributed by atoms with Crippen LogP contribution in [0.25, 0.3) is 0 Å². The molecule has 1 aromatic heterocycles. The van der Waals surface area contributed by atoms with Crippen molar-refractivity contribution in [3.63, 3.8) is 0 Å². The number of pyridine rings is 1. The zero-order valence-corrected chi connectivity index (χ0v) is 29.5. The summed E-state index contributed by atoms with van der Waals surface area (Å²) in [6.07, 6.45) is 5.13. The summed E-state index contributed by atoms with van der Waals surface area (Å²) < 4.78 is 0. The van der Waals surface area contributed by atoms with E-state index in [2.05, 4.69) is 31.6 Å². The minimum absolute atomic E-state index is 0.167. The summed E-state index contributed by atoms with van der Waals surface area (Å²) in [5.74, 6) is -2.46. The molecule has 7 N–H and O–H groups in total. The molecule has 0 radical (unpaired) electrons. The fraction of sp³-hybridized carbons (Fsp3) is 0.421. The summed E-state index contributed by atoms with van der Waals surface area (Å²) in [5, 5.41) is 24.0. The van der Waals surface area contributed by atoms with Gasteiger partial charge in [-0.05, 0) is 54.9 Å². The van der Waals surface area contributed by atoms with Crippen molar-refractivity contribution in [2.24, 2.45) is 5.41 Å². The molecular formula is C38H51N6O6+. The van der Waals surface area contributed by atoms with E-state index in [9.17, 15) is 24.0 Å². The predicted molar refractivity (Wildman–Crippen MR) is 190 cm³/mol. The Hall–Kier alpha value is -5.10. The van der Waals surface area contributed by atoms with Crippen LogP contribution in [-0.2, 0) is 27.3 Å². The number of hydrogen-bond donors (Lipinski definition) is 6. The molecule has 0 aliphatic rings. The lowest BCUT2D eigenvalue weighted by atomic mass is 9.87. The van der Waals surface area contributed by atoms with E-state index in [0.717, 1.165) is 11.1 Å². The largest absolute Gasteiger partial charge is 0.478 e. The highest BCUT2D eigenvalue weighted by Gasteiger charge is 2.31. The minimum atomic E-state index is -1.02. The molecule has 0 saturated heterocycles. The first-order chi connectivity index (χ1) is 23.8. The average molecular weight is 688 g/mol. The second-order valence-corrected chi connectivity index (χ2v) is 13.7. The first-order valence-electron chi connectivity index (χ1n) is 17.0. The molecule has 2 aromatic carbocycles. The number of rotatable bonds is 18. The minimum Gasteiger partial charge on any atom is -0.478 e. The molecule has 12 heteroatoms. The van der Waals surface area contributed by atoms with E-state index >= 15 is 0 Å². The average Bonchev–Trinajstić information content (AvgIpc) is 3.09. The Morgan fingerprint density at radius 1 is 0.760 bits per heavy atom. The molecule has 3 rings (SSSR count). The first kappa shape index (κ1) is 39.3. The van der Waals surface area contributed by atoms with Gasteiger partial charge in [0, 0.05) is 31.3 Å². The lowest BCUT2D eigenvalue weighted by Crippen LogP contribution is -2.57. The van der Waals surface area contributed by atoms with E-state index in [4.69, 9.17) is 5.11 Å². The van der Waals surface area contributed by atoms with E-state index < -0.39 is 36.0 Å². The van der Waals surface area contributed by atoms with Gasteiger partial charge >= 0.3 is 5.97 Å². The van der Waals surface area contributed by atoms with Crippen LogP contribution in [0.3, 0.4) is 0 Å². The van der Waals surface area contributed by atoms with Crippen LogP contribution in [0, 0.1) is 5.41 Å². The van der Waals surface area contributed by atoms with Crippen LogP contribution >= 0.6 is 0 Å². The van der Waals surface area contributed by atoms with Crippen LogP contribution in [0.5, 0.6) is 0 Å². The SMILES string of the molecule is CCC[C@H](NC(=O)[C@H](CC(C)(C)C)NC(=O)c1cc[nH+]cc1)C(=O)N[C@H](CN[C@@H](C)C(=O)NCc1ccc(C(=O)O)cc1)Cc1ccccc1. The van der Waals surface area contributed by atoms with Crippen LogP contribution in [-0.4, -0.2) is 65.4 Å². The number of aromatic carboxylic acids is 1. The number of benzene rings is 2. The number of aromatic amines is 1. The summed E-state index contributed by atoms with van der Waals surface area (Å²) in [5.41, 5.74) is 2.04. The molecule has 0 saturated carbocycles. The molecular weight excluding hydrogens is 636 g/mol. The molecule has 0 fully saturated rings. The van der Waals surface area contributed by atoms with Crippen molar-refractivity contribution in [1.82, 2.24) is 26.6 Å². The zero-order chi connectivity index (χ0) is 36.7. The lowest BCUT2D eigenvalue weighted by Gasteiger charge is -2.29. The van der Waals surface area contributed by atoms with Crippen molar-refractivity contribution >= 4 is 29.6 Å². The van der Waals surface area contributed by atoms with Gasteiger partial charge in [0.15, 0.2) is 12.4 Å². The van der Waals surface area contributed by atoms with Gasteiger partial charge in [-0.1, -0.05) is 76.6 Å². The summed E-state index contributed by atoms with van der Waals surface area (Å²) in [7, 11) is 0. The van der Waals surface area contributed by atoms with Crippen LogP contribution in [0.1, 0.15) is 85.7 Å². The third-order valence-electron chi connectivity index (χ3n) is 8.03. The number of aromatic nitrogens is 1. The predicted octanol–water partition coefficient (Wildman–Crippen LogP) is 3.04. The van der Waals surface area contributed by atoms with Gasteiger partial charge in [0.2, 0.25) is 17.7 Å². The maximum absolute atomic E-state index is 13.8. The molecule has 50 heavy (non-hydrogen) atoms. The molecule has 268 valence electrons. The van der Waals surface area contributed by atoms with E-state index in [1.165, 1.54) is 12.1 Å². The molecule has 12 nitrogen and oxygen atoms in total. The van der Waals surface area contributed by atoms with E-state index in [0.29, 0.717) is 31.2 Å². The van der Waals surface area contributed by atoms with Gasteiger partial charge in [0.25, 0.3) is 5.91 Å². The van der Waals surface area contributed by atoms with Gasteiger partial charge in [0.1, 0.15) is 12.1 Å². The summed E-state index contributed by atoms with van der Waals surface area (Å²) in [4.78, 5) is 67.3. The fourth-order valence-corrected chi connectivity index (χ4v) is 5.33. The number of amides is 4. The molecule has 0 spiro atoms. The maximum Gasteiger partial charge on any atom is 0.335 e. The summed E-state index contributed by atoms with van der Waals surface area (Å²) >= 11 is 0. The van der Waals surface area contributed by atoms with Gasteiger partial charge in [0.05, 0.1) is 17.2 Å². The Bertz CT molecular complexity index is 1560. The zero-order valence-electron chi connectivity index (χ0n) is 29.5.